The molecule has 0 aliphatic carbocycles. The van der Waals surface area contributed by atoms with Gasteiger partial charge in [0.15, 0.2) is 0 Å². The second kappa shape index (κ2) is 4.94. The number of isocyanates is 1. The van der Waals surface area contributed by atoms with Crippen LogP contribution in [0.25, 0.3) is 0 Å². The lowest BCUT2D eigenvalue weighted by Gasteiger charge is -2.10. The third-order valence-corrected chi connectivity index (χ3v) is 2.22. The summed E-state index contributed by atoms with van der Waals surface area (Å²) >= 11 is 0. The van der Waals surface area contributed by atoms with Crippen molar-refractivity contribution in [2.24, 2.45) is 4.99 Å². The summed E-state index contributed by atoms with van der Waals surface area (Å²) in [5, 5.41) is 0. The molecule has 0 radical (unpaired) electrons. The van der Waals surface area contributed by atoms with Gasteiger partial charge in [0.1, 0.15) is 0 Å². The van der Waals surface area contributed by atoms with Gasteiger partial charge in [-0.2, -0.15) is 18.2 Å². The van der Waals surface area contributed by atoms with Crippen LogP contribution in [0.3, 0.4) is 0 Å². The van der Waals surface area contributed by atoms with E-state index in [-0.39, 0.29) is 0 Å². The Morgan fingerprint density at radius 3 is 2.25 bits per heavy atom. The molecule has 0 aromatic heterocycles. The van der Waals surface area contributed by atoms with Crippen molar-refractivity contribution in [3.63, 3.8) is 0 Å². The maximum absolute atomic E-state index is 12.3. The fraction of sp³-hybridized carbons (Fsp3) is 0.364. The number of rotatable bonds is 3. The number of benzene rings is 1. The minimum absolute atomic E-state index is 0.417. The highest BCUT2D eigenvalue weighted by Gasteiger charge is 2.30. The Morgan fingerprint density at radius 2 is 1.88 bits per heavy atom. The van der Waals surface area contributed by atoms with Gasteiger partial charge in [0.05, 0.1) is 11.6 Å². The van der Waals surface area contributed by atoms with Gasteiger partial charge in [0.2, 0.25) is 6.08 Å². The fourth-order valence-corrected chi connectivity index (χ4v) is 1.36. The first-order valence-electron chi connectivity index (χ1n) is 4.73. The maximum atomic E-state index is 12.3. The first-order chi connectivity index (χ1) is 7.49. The van der Waals surface area contributed by atoms with Crippen LogP contribution >= 0.6 is 0 Å². The first-order valence-corrected chi connectivity index (χ1v) is 4.73. The summed E-state index contributed by atoms with van der Waals surface area (Å²) in [5.74, 6) is 0. The van der Waals surface area contributed by atoms with Gasteiger partial charge in [0, 0.05) is 0 Å². The highest BCUT2D eigenvalue weighted by Crippen LogP contribution is 2.30. The minimum Gasteiger partial charge on any atom is -0.211 e. The van der Waals surface area contributed by atoms with Crippen LogP contribution in [0.5, 0.6) is 0 Å². The summed E-state index contributed by atoms with van der Waals surface area (Å²) in [6.07, 6.45) is -2.38. The zero-order valence-electron chi connectivity index (χ0n) is 8.58. The molecule has 1 rings (SSSR count). The molecule has 5 heteroatoms. The van der Waals surface area contributed by atoms with Crippen molar-refractivity contribution in [3.05, 3.63) is 35.4 Å². The van der Waals surface area contributed by atoms with Crippen molar-refractivity contribution in [2.75, 3.05) is 0 Å². The van der Waals surface area contributed by atoms with Crippen LogP contribution in [0.15, 0.2) is 29.3 Å². The van der Waals surface area contributed by atoms with Crippen molar-refractivity contribution in [3.8, 4) is 0 Å². The topological polar surface area (TPSA) is 29.4 Å². The van der Waals surface area contributed by atoms with E-state index in [0.29, 0.717) is 12.0 Å². The quantitative estimate of drug-likeness (QED) is 0.576. The SMILES string of the molecule is CC[C@H](N=C=O)c1ccc(C(F)(F)F)cc1. The Balaban J connectivity index is 2.98. The summed E-state index contributed by atoms with van der Waals surface area (Å²) in [5.41, 5.74) is -0.125. The van der Waals surface area contributed by atoms with E-state index in [9.17, 15) is 18.0 Å². The molecule has 0 spiro atoms. The highest BCUT2D eigenvalue weighted by atomic mass is 19.4. The monoisotopic (exact) mass is 229 g/mol. The summed E-state index contributed by atoms with van der Waals surface area (Å²) in [7, 11) is 0. The number of carbonyl (C=O) groups excluding carboxylic acids is 1. The van der Waals surface area contributed by atoms with E-state index >= 15 is 0 Å². The Hall–Kier alpha value is -1.61. The van der Waals surface area contributed by atoms with E-state index in [4.69, 9.17) is 0 Å². The van der Waals surface area contributed by atoms with E-state index in [2.05, 4.69) is 4.99 Å². The van der Waals surface area contributed by atoms with Gasteiger partial charge in [0.25, 0.3) is 0 Å². The number of hydrogen-bond acceptors (Lipinski definition) is 2. The van der Waals surface area contributed by atoms with Crippen molar-refractivity contribution < 1.29 is 18.0 Å². The Kier molecular flexibility index (Phi) is 3.85. The Morgan fingerprint density at radius 1 is 1.31 bits per heavy atom. The second-order valence-corrected chi connectivity index (χ2v) is 3.26. The van der Waals surface area contributed by atoms with Crippen LogP contribution in [0.2, 0.25) is 0 Å². The number of halogens is 3. The molecule has 0 saturated carbocycles. The highest BCUT2D eigenvalue weighted by molar-refractivity contribution is 5.36. The molecule has 0 aliphatic heterocycles. The van der Waals surface area contributed by atoms with Gasteiger partial charge in [-0.25, -0.2) is 4.79 Å². The molecule has 1 aromatic carbocycles. The first kappa shape index (κ1) is 12.5. The second-order valence-electron chi connectivity index (χ2n) is 3.26. The van der Waals surface area contributed by atoms with Crippen molar-refractivity contribution >= 4 is 6.08 Å². The average Bonchev–Trinajstić information content (AvgIpc) is 2.25. The molecule has 0 amide bonds. The minimum atomic E-state index is -4.34. The number of aliphatic imine (C=N–C) groups is 1. The van der Waals surface area contributed by atoms with Gasteiger partial charge in [-0.3, -0.25) is 0 Å². The van der Waals surface area contributed by atoms with E-state index in [1.165, 1.54) is 18.2 Å². The summed E-state index contributed by atoms with van der Waals surface area (Å²) < 4.78 is 36.8. The van der Waals surface area contributed by atoms with Crippen LogP contribution in [0, 0.1) is 0 Å². The zero-order valence-corrected chi connectivity index (χ0v) is 8.58. The molecule has 0 N–H and O–H groups in total. The van der Waals surface area contributed by atoms with Crippen LogP contribution < -0.4 is 0 Å². The lowest BCUT2D eigenvalue weighted by molar-refractivity contribution is -0.137. The third-order valence-electron chi connectivity index (χ3n) is 2.22. The van der Waals surface area contributed by atoms with Crippen LogP contribution in [0.4, 0.5) is 13.2 Å². The summed E-state index contributed by atoms with van der Waals surface area (Å²) in [6, 6.07) is 4.21. The largest absolute Gasteiger partial charge is 0.416 e. The molecule has 1 aromatic rings. The van der Waals surface area contributed by atoms with Crippen molar-refractivity contribution in [2.45, 2.75) is 25.6 Å². The van der Waals surface area contributed by atoms with Gasteiger partial charge >= 0.3 is 6.18 Å². The molecule has 16 heavy (non-hydrogen) atoms. The third kappa shape index (κ3) is 2.94. The molecule has 0 unspecified atom stereocenters. The molecular weight excluding hydrogens is 219 g/mol. The average molecular weight is 229 g/mol. The van der Waals surface area contributed by atoms with Gasteiger partial charge < -0.3 is 0 Å². The van der Waals surface area contributed by atoms with Crippen LogP contribution in [0.1, 0.15) is 30.5 Å². The number of nitrogens with zero attached hydrogens (tertiary/aromatic N) is 1. The van der Waals surface area contributed by atoms with E-state index in [1.54, 1.807) is 6.92 Å². The molecule has 86 valence electrons. The van der Waals surface area contributed by atoms with Gasteiger partial charge in [-0.1, -0.05) is 19.1 Å². The predicted molar refractivity (Wildman–Crippen MR) is 52.6 cm³/mol. The Labute approximate surface area is 90.8 Å². The molecule has 0 aliphatic rings. The van der Waals surface area contributed by atoms with Gasteiger partial charge in [-0.15, -0.1) is 0 Å². The fourth-order valence-electron chi connectivity index (χ4n) is 1.36. The van der Waals surface area contributed by atoms with Crippen LogP contribution in [-0.2, 0) is 11.0 Å². The summed E-state index contributed by atoms with van der Waals surface area (Å²) in [6.45, 7) is 1.79. The molecule has 0 fully saturated rings. The summed E-state index contributed by atoms with van der Waals surface area (Å²) in [4.78, 5) is 13.6. The molecule has 0 saturated heterocycles. The zero-order chi connectivity index (χ0) is 12.2. The predicted octanol–water partition coefficient (Wildman–Crippen LogP) is 3.49. The Bertz CT molecular complexity index is 391. The molecular formula is C11H10F3NO. The van der Waals surface area contributed by atoms with Crippen molar-refractivity contribution in [1.82, 2.24) is 0 Å². The van der Waals surface area contributed by atoms with E-state index in [1.807, 2.05) is 0 Å². The molecule has 1 atom stereocenters. The van der Waals surface area contributed by atoms with E-state index in [0.717, 1.165) is 12.1 Å². The lowest BCUT2D eigenvalue weighted by Crippen LogP contribution is -2.05. The smallest absolute Gasteiger partial charge is 0.211 e. The maximum Gasteiger partial charge on any atom is 0.416 e. The normalized spacial score (nSPS) is 13.0. The van der Waals surface area contributed by atoms with Crippen molar-refractivity contribution in [1.29, 1.82) is 0 Å². The number of hydrogen-bond donors (Lipinski definition) is 0. The van der Waals surface area contributed by atoms with E-state index < -0.39 is 17.8 Å². The van der Waals surface area contributed by atoms with Gasteiger partial charge in [-0.05, 0) is 24.1 Å². The molecule has 2 nitrogen and oxygen atoms in total. The molecule has 0 heterocycles. The molecule has 0 bridgehead atoms. The lowest BCUT2D eigenvalue weighted by atomic mass is 10.0. The number of alkyl halides is 3. The standard InChI is InChI=1S/C11H10F3NO/c1-2-10(15-7-16)8-3-5-9(6-4-8)11(12,13)14/h3-6,10H,2H2,1H3/t10-/m0/s1. The van der Waals surface area contributed by atoms with Crippen LogP contribution in [-0.4, -0.2) is 6.08 Å².